The highest BCUT2D eigenvalue weighted by atomic mass is 16.5. The van der Waals surface area contributed by atoms with Crippen molar-refractivity contribution >= 4 is 34.5 Å². The van der Waals surface area contributed by atoms with Crippen LogP contribution in [0.4, 0.5) is 0 Å². The first-order valence-corrected chi connectivity index (χ1v) is 5.56. The van der Waals surface area contributed by atoms with Crippen molar-refractivity contribution in [2.24, 2.45) is 0 Å². The maximum atomic E-state index is 9.19. The van der Waals surface area contributed by atoms with Crippen molar-refractivity contribution in [3.05, 3.63) is 36.4 Å². The van der Waals surface area contributed by atoms with Crippen molar-refractivity contribution in [3.63, 3.8) is 0 Å². The van der Waals surface area contributed by atoms with Gasteiger partial charge in [-0.15, -0.1) is 0 Å². The minimum atomic E-state index is -1.48. The summed E-state index contributed by atoms with van der Waals surface area (Å²) in [6.07, 6.45) is 0. The van der Waals surface area contributed by atoms with Crippen LogP contribution in [0.3, 0.4) is 0 Å². The Morgan fingerprint density at radius 1 is 1.11 bits per heavy atom. The molecule has 18 heavy (non-hydrogen) atoms. The molecule has 3 aromatic rings. The molecule has 0 saturated carbocycles. The molecule has 0 fully saturated rings. The van der Waals surface area contributed by atoms with E-state index in [0.717, 1.165) is 10.8 Å². The predicted octanol–water partition coefficient (Wildman–Crippen LogP) is 1.27. The smallest absolute Gasteiger partial charge is 0.488 e. The van der Waals surface area contributed by atoms with Crippen molar-refractivity contribution in [1.82, 2.24) is 0 Å². The van der Waals surface area contributed by atoms with E-state index in [4.69, 9.17) is 9.15 Å². The van der Waals surface area contributed by atoms with Gasteiger partial charge in [-0.3, -0.25) is 0 Å². The highest BCUT2D eigenvalue weighted by molar-refractivity contribution is 6.59. The summed E-state index contributed by atoms with van der Waals surface area (Å²) in [7, 11) is 0.107. The van der Waals surface area contributed by atoms with Crippen LogP contribution in [-0.4, -0.2) is 24.3 Å². The zero-order chi connectivity index (χ0) is 12.7. The highest BCUT2D eigenvalue weighted by Crippen LogP contribution is 2.33. The summed E-state index contributed by atoms with van der Waals surface area (Å²) in [5.41, 5.74) is 1.80. The lowest BCUT2D eigenvalue weighted by Gasteiger charge is -1.99. The van der Waals surface area contributed by atoms with Crippen molar-refractivity contribution in [2.75, 3.05) is 7.11 Å². The number of furan rings is 1. The Labute approximate surface area is 104 Å². The van der Waals surface area contributed by atoms with Crippen LogP contribution >= 0.6 is 0 Å². The van der Waals surface area contributed by atoms with E-state index >= 15 is 0 Å². The Morgan fingerprint density at radius 3 is 2.67 bits per heavy atom. The number of fused-ring (bicyclic) bond motifs is 3. The van der Waals surface area contributed by atoms with Crippen molar-refractivity contribution in [3.8, 4) is 5.75 Å². The van der Waals surface area contributed by atoms with Gasteiger partial charge in [-0.05, 0) is 17.6 Å². The van der Waals surface area contributed by atoms with Gasteiger partial charge in [0.1, 0.15) is 5.58 Å². The average molecular weight is 242 g/mol. The quantitative estimate of drug-likeness (QED) is 0.664. The molecule has 90 valence electrons. The van der Waals surface area contributed by atoms with Gasteiger partial charge in [0.2, 0.25) is 0 Å². The summed E-state index contributed by atoms with van der Waals surface area (Å²) in [4.78, 5) is 0. The van der Waals surface area contributed by atoms with Crippen LogP contribution in [0, 0.1) is 0 Å². The lowest BCUT2D eigenvalue weighted by atomic mass is 9.80. The Kier molecular flexibility index (Phi) is 2.50. The van der Waals surface area contributed by atoms with E-state index < -0.39 is 7.12 Å². The van der Waals surface area contributed by atoms with Crippen LogP contribution in [0.2, 0.25) is 0 Å². The number of para-hydroxylation sites is 1. The van der Waals surface area contributed by atoms with E-state index in [1.165, 1.54) is 0 Å². The molecule has 0 radical (unpaired) electrons. The van der Waals surface area contributed by atoms with Gasteiger partial charge >= 0.3 is 7.12 Å². The number of benzene rings is 2. The summed E-state index contributed by atoms with van der Waals surface area (Å²) >= 11 is 0. The fourth-order valence-electron chi connectivity index (χ4n) is 2.11. The molecule has 0 spiro atoms. The third kappa shape index (κ3) is 1.56. The summed E-state index contributed by atoms with van der Waals surface area (Å²) in [6, 6.07) is 10.7. The van der Waals surface area contributed by atoms with Crippen LogP contribution in [0.25, 0.3) is 21.9 Å². The molecule has 4 nitrogen and oxygen atoms in total. The van der Waals surface area contributed by atoms with Gasteiger partial charge in [-0.1, -0.05) is 24.3 Å². The van der Waals surface area contributed by atoms with Crippen LogP contribution in [0.5, 0.6) is 5.75 Å². The summed E-state index contributed by atoms with van der Waals surface area (Å²) in [5.74, 6) is 0.662. The van der Waals surface area contributed by atoms with E-state index in [1.807, 2.05) is 18.2 Å². The highest BCUT2D eigenvalue weighted by Gasteiger charge is 2.15. The molecule has 0 aliphatic carbocycles. The third-order valence-corrected chi connectivity index (χ3v) is 3.00. The SMILES string of the molecule is COc1cccc2c1oc1ccc(B(O)O)cc12. The maximum Gasteiger partial charge on any atom is 0.488 e. The molecular weight excluding hydrogens is 231 g/mol. The molecule has 0 atom stereocenters. The standard InChI is InChI=1S/C13H11BO4/c1-17-12-4-2-3-9-10-7-8(14(15)16)5-6-11(10)18-13(9)12/h2-7,15-16H,1H3. The van der Waals surface area contributed by atoms with Crippen molar-refractivity contribution in [2.45, 2.75) is 0 Å². The predicted molar refractivity (Wildman–Crippen MR) is 70.1 cm³/mol. The second-order valence-corrected chi connectivity index (χ2v) is 4.07. The Bertz CT molecular complexity index is 717. The fourth-order valence-corrected chi connectivity index (χ4v) is 2.11. The van der Waals surface area contributed by atoms with Gasteiger partial charge in [0.05, 0.1) is 7.11 Å². The van der Waals surface area contributed by atoms with E-state index in [1.54, 1.807) is 25.3 Å². The molecule has 0 amide bonds. The van der Waals surface area contributed by atoms with Crippen LogP contribution in [-0.2, 0) is 0 Å². The molecule has 5 heteroatoms. The van der Waals surface area contributed by atoms with Crippen LogP contribution in [0.1, 0.15) is 0 Å². The molecule has 2 N–H and O–H groups in total. The zero-order valence-corrected chi connectivity index (χ0v) is 9.75. The summed E-state index contributed by atoms with van der Waals surface area (Å²) in [6.45, 7) is 0. The van der Waals surface area contributed by atoms with Gasteiger partial charge < -0.3 is 19.2 Å². The van der Waals surface area contributed by atoms with Crippen molar-refractivity contribution < 1.29 is 19.2 Å². The van der Waals surface area contributed by atoms with E-state index in [9.17, 15) is 10.0 Å². The zero-order valence-electron chi connectivity index (χ0n) is 9.75. The first kappa shape index (κ1) is 11.1. The number of rotatable bonds is 2. The van der Waals surface area contributed by atoms with Crippen molar-refractivity contribution in [1.29, 1.82) is 0 Å². The first-order valence-electron chi connectivity index (χ1n) is 5.56. The second kappa shape index (κ2) is 4.05. The van der Waals surface area contributed by atoms with Gasteiger partial charge in [-0.2, -0.15) is 0 Å². The monoisotopic (exact) mass is 242 g/mol. The van der Waals surface area contributed by atoms with Gasteiger partial charge in [0.25, 0.3) is 0 Å². The molecular formula is C13H11BO4. The molecule has 3 rings (SSSR count). The van der Waals surface area contributed by atoms with E-state index in [-0.39, 0.29) is 0 Å². The normalized spacial score (nSPS) is 11.1. The largest absolute Gasteiger partial charge is 0.493 e. The molecule has 0 unspecified atom stereocenters. The summed E-state index contributed by atoms with van der Waals surface area (Å²) in [5, 5.41) is 20.1. The molecule has 1 aromatic heterocycles. The van der Waals surface area contributed by atoms with Crippen LogP contribution < -0.4 is 10.2 Å². The minimum Gasteiger partial charge on any atom is -0.493 e. The molecule has 2 aromatic carbocycles. The Morgan fingerprint density at radius 2 is 1.94 bits per heavy atom. The molecule has 0 bridgehead atoms. The number of ether oxygens (including phenoxy) is 1. The van der Waals surface area contributed by atoms with Gasteiger partial charge in [0, 0.05) is 10.8 Å². The second-order valence-electron chi connectivity index (χ2n) is 4.07. The minimum absolute atomic E-state index is 0.438. The number of hydrogen-bond donors (Lipinski definition) is 2. The topological polar surface area (TPSA) is 62.8 Å². The lowest BCUT2D eigenvalue weighted by Crippen LogP contribution is -2.29. The van der Waals surface area contributed by atoms with Gasteiger partial charge in [-0.25, -0.2) is 0 Å². The fraction of sp³-hybridized carbons (Fsp3) is 0.0769. The summed E-state index contributed by atoms with van der Waals surface area (Å²) < 4.78 is 11.0. The number of methoxy groups -OCH3 is 1. The van der Waals surface area contributed by atoms with E-state index in [0.29, 0.717) is 22.4 Å². The molecule has 0 aliphatic rings. The maximum absolute atomic E-state index is 9.19. The first-order chi connectivity index (χ1) is 8.70. The Balaban J connectivity index is 2.38. The average Bonchev–Trinajstić information content (AvgIpc) is 2.76. The van der Waals surface area contributed by atoms with Crippen LogP contribution in [0.15, 0.2) is 40.8 Å². The lowest BCUT2D eigenvalue weighted by molar-refractivity contribution is 0.412. The molecule has 1 heterocycles. The van der Waals surface area contributed by atoms with Gasteiger partial charge in [0.15, 0.2) is 11.3 Å². The molecule has 0 aliphatic heterocycles. The molecule has 0 saturated heterocycles. The Hall–Kier alpha value is -1.98. The third-order valence-electron chi connectivity index (χ3n) is 3.00. The number of hydrogen-bond acceptors (Lipinski definition) is 4. The van der Waals surface area contributed by atoms with E-state index in [2.05, 4.69) is 0 Å².